The van der Waals surface area contributed by atoms with E-state index < -0.39 is 26.6 Å². The van der Waals surface area contributed by atoms with Crippen LogP contribution in [0.15, 0.2) is 17.1 Å². The van der Waals surface area contributed by atoms with Crippen molar-refractivity contribution in [2.24, 2.45) is 0 Å². The van der Waals surface area contributed by atoms with Gasteiger partial charge in [0.25, 0.3) is 0 Å². The number of aromatic hydroxyl groups is 1. The van der Waals surface area contributed by atoms with Crippen molar-refractivity contribution in [3.63, 3.8) is 0 Å². The zero-order valence-corrected chi connectivity index (χ0v) is 13.9. The van der Waals surface area contributed by atoms with Gasteiger partial charge < -0.3 is 14.7 Å². The minimum atomic E-state index is -4.28. The highest BCUT2D eigenvalue weighted by Crippen LogP contribution is 2.16. The Morgan fingerprint density at radius 1 is 1.35 bits per heavy atom. The maximum atomic E-state index is 11.8. The molecule has 0 bridgehead atoms. The zero-order chi connectivity index (χ0) is 17.2. The lowest BCUT2D eigenvalue weighted by Gasteiger charge is -2.33. The summed E-state index contributed by atoms with van der Waals surface area (Å²) in [5, 5.41) is 9.88. The molecule has 1 aliphatic heterocycles. The van der Waals surface area contributed by atoms with E-state index in [0.717, 1.165) is 6.20 Å². The van der Waals surface area contributed by atoms with Gasteiger partial charge in [0.2, 0.25) is 0 Å². The van der Waals surface area contributed by atoms with Crippen LogP contribution >= 0.6 is 10.7 Å². The van der Waals surface area contributed by atoms with Crippen LogP contribution in [0.1, 0.15) is 5.56 Å². The summed E-state index contributed by atoms with van der Waals surface area (Å²) in [7, 11) is 2.14. The van der Waals surface area contributed by atoms with Gasteiger partial charge in [-0.1, -0.05) is 0 Å². The van der Waals surface area contributed by atoms with E-state index in [2.05, 4.69) is 4.74 Å². The van der Waals surface area contributed by atoms with Crippen LogP contribution in [0.5, 0.6) is 5.75 Å². The van der Waals surface area contributed by atoms with E-state index in [9.17, 15) is 23.1 Å². The van der Waals surface area contributed by atoms with E-state index in [0.29, 0.717) is 26.2 Å². The van der Waals surface area contributed by atoms with Crippen molar-refractivity contribution in [2.75, 3.05) is 33.3 Å². The molecule has 9 nitrogen and oxygen atoms in total. The van der Waals surface area contributed by atoms with Crippen LogP contribution in [0.3, 0.4) is 0 Å². The number of aromatic nitrogens is 1. The summed E-state index contributed by atoms with van der Waals surface area (Å²) in [6.45, 7) is 2.23. The number of amides is 1. The predicted octanol–water partition coefficient (Wildman–Crippen LogP) is -0.230. The third-order valence-electron chi connectivity index (χ3n) is 3.55. The second kappa shape index (κ2) is 6.77. The van der Waals surface area contributed by atoms with Crippen molar-refractivity contribution >= 4 is 26.0 Å². The molecule has 0 saturated carbocycles. The molecular weight excluding hydrogens is 350 g/mol. The lowest BCUT2D eigenvalue weighted by Crippen LogP contribution is -2.48. The Labute approximate surface area is 137 Å². The third kappa shape index (κ3) is 3.95. The first kappa shape index (κ1) is 17.6. The van der Waals surface area contributed by atoms with Crippen LogP contribution in [0.2, 0.25) is 0 Å². The molecule has 11 heteroatoms. The molecule has 0 spiro atoms. The molecule has 128 valence electrons. The summed E-state index contributed by atoms with van der Waals surface area (Å²) in [6, 6.07) is 1.32. The molecule has 0 aliphatic carbocycles. The Morgan fingerprint density at radius 2 is 1.96 bits per heavy atom. The number of piperazine rings is 1. The maximum absolute atomic E-state index is 11.8. The molecule has 1 aliphatic rings. The lowest BCUT2D eigenvalue weighted by atomic mass is 10.2. The fourth-order valence-corrected chi connectivity index (χ4v) is 3.12. The molecule has 0 radical (unpaired) electrons. The van der Waals surface area contributed by atoms with Gasteiger partial charge >= 0.3 is 20.9 Å². The molecule has 1 saturated heterocycles. The average Bonchev–Trinajstić information content (AvgIpc) is 2.50. The summed E-state index contributed by atoms with van der Waals surface area (Å²) < 4.78 is 27.3. The molecule has 0 atom stereocenters. The lowest BCUT2D eigenvalue weighted by molar-refractivity contribution is 0.0886. The Bertz CT molecular complexity index is 755. The number of rotatable bonds is 3. The minimum absolute atomic E-state index is 0.249. The minimum Gasteiger partial charge on any atom is -0.503 e. The second-order valence-corrected chi connectivity index (χ2v) is 7.35. The van der Waals surface area contributed by atoms with Gasteiger partial charge in [-0.05, 0) is 6.07 Å². The van der Waals surface area contributed by atoms with Gasteiger partial charge in [-0.3, -0.25) is 9.69 Å². The molecule has 2 rings (SSSR count). The molecule has 0 unspecified atom stereocenters. The Balaban J connectivity index is 2.10. The number of methoxy groups -OCH3 is 1. The summed E-state index contributed by atoms with van der Waals surface area (Å²) in [4.78, 5) is 26.7. The van der Waals surface area contributed by atoms with Crippen LogP contribution in [0, 0.1) is 0 Å². The van der Waals surface area contributed by atoms with Gasteiger partial charge in [0, 0.05) is 55.2 Å². The normalized spacial score (nSPS) is 16.3. The molecule has 23 heavy (non-hydrogen) atoms. The topological polar surface area (TPSA) is 109 Å². The van der Waals surface area contributed by atoms with Crippen molar-refractivity contribution in [3.8, 4) is 5.75 Å². The smallest absolute Gasteiger partial charge is 0.409 e. The highest BCUT2D eigenvalue weighted by atomic mass is 35.7. The van der Waals surface area contributed by atoms with Gasteiger partial charge in [-0.25, -0.2) is 4.79 Å². The van der Waals surface area contributed by atoms with Gasteiger partial charge in [0.15, 0.2) is 5.75 Å². The number of hydrogen-bond donors (Lipinski definition) is 1. The van der Waals surface area contributed by atoms with Gasteiger partial charge in [0.1, 0.15) is 0 Å². The van der Waals surface area contributed by atoms with Crippen molar-refractivity contribution in [2.45, 2.75) is 6.54 Å². The quantitative estimate of drug-likeness (QED) is 0.737. The van der Waals surface area contributed by atoms with Crippen LogP contribution in [-0.4, -0.2) is 66.7 Å². The highest BCUT2D eigenvalue weighted by molar-refractivity contribution is 8.12. The number of hydrogen-bond acceptors (Lipinski definition) is 7. The van der Waals surface area contributed by atoms with Crippen LogP contribution in [-0.2, 0) is 20.5 Å². The van der Waals surface area contributed by atoms with Crippen molar-refractivity contribution in [3.05, 3.63) is 28.2 Å². The standard InChI is InChI=1S/C12H16ClN3O6S/c1-22-12(19)15-6-4-14(5-7-15)8-9-2-3-16(23(13,20)21)11(18)10(9)17/h2-3,17H,4-8H2,1H3. The van der Waals surface area contributed by atoms with Gasteiger partial charge in [-0.15, -0.1) is 0 Å². The Kier molecular flexibility index (Phi) is 5.17. The van der Waals surface area contributed by atoms with Crippen LogP contribution in [0.25, 0.3) is 0 Å². The fraction of sp³-hybridized carbons (Fsp3) is 0.500. The number of carbonyl (C=O) groups excluding carboxylic acids is 1. The first-order chi connectivity index (χ1) is 10.7. The summed E-state index contributed by atoms with van der Waals surface area (Å²) >= 11 is 0. The predicted molar refractivity (Wildman–Crippen MR) is 81.8 cm³/mol. The monoisotopic (exact) mass is 365 g/mol. The second-order valence-electron chi connectivity index (χ2n) is 4.97. The van der Waals surface area contributed by atoms with E-state index >= 15 is 0 Å². The molecule has 1 N–H and O–H groups in total. The number of nitrogens with zero attached hydrogens (tertiary/aromatic N) is 3. The van der Waals surface area contributed by atoms with Crippen LogP contribution < -0.4 is 5.56 Å². The average molecular weight is 366 g/mol. The first-order valence-corrected chi connectivity index (χ1v) is 8.94. The molecular formula is C12H16ClN3O6S. The summed E-state index contributed by atoms with van der Waals surface area (Å²) in [5.74, 6) is -0.660. The van der Waals surface area contributed by atoms with E-state index in [4.69, 9.17) is 10.7 Å². The number of halogens is 1. The number of carbonyl (C=O) groups is 1. The van der Waals surface area contributed by atoms with E-state index in [-0.39, 0.29) is 16.1 Å². The van der Waals surface area contributed by atoms with Crippen molar-refractivity contribution < 1.29 is 23.1 Å². The SMILES string of the molecule is COC(=O)N1CCN(Cc2ccn(S(=O)(=O)Cl)c(=O)c2O)CC1. The molecule has 2 heterocycles. The molecule has 0 aromatic carbocycles. The Morgan fingerprint density at radius 3 is 2.48 bits per heavy atom. The molecule has 1 aromatic rings. The van der Waals surface area contributed by atoms with Crippen molar-refractivity contribution in [1.82, 2.24) is 13.8 Å². The molecule has 1 aromatic heterocycles. The third-order valence-corrected chi connectivity index (χ3v) is 4.76. The van der Waals surface area contributed by atoms with E-state index in [1.165, 1.54) is 13.2 Å². The largest absolute Gasteiger partial charge is 0.503 e. The maximum Gasteiger partial charge on any atom is 0.409 e. The Hall–Kier alpha value is -1.78. The summed E-state index contributed by atoms with van der Waals surface area (Å²) in [6.07, 6.45) is 0.604. The van der Waals surface area contributed by atoms with Crippen molar-refractivity contribution in [1.29, 1.82) is 0 Å². The zero-order valence-electron chi connectivity index (χ0n) is 12.3. The van der Waals surface area contributed by atoms with Crippen LogP contribution in [0.4, 0.5) is 4.79 Å². The van der Waals surface area contributed by atoms with Gasteiger partial charge in [-0.2, -0.15) is 12.4 Å². The number of pyridine rings is 1. The summed E-state index contributed by atoms with van der Waals surface area (Å²) in [5.41, 5.74) is -0.802. The van der Waals surface area contributed by atoms with Gasteiger partial charge in [0.05, 0.1) is 7.11 Å². The number of ether oxygens (including phenoxy) is 1. The molecule has 1 fully saturated rings. The fourth-order valence-electron chi connectivity index (χ4n) is 2.30. The molecule has 1 amide bonds. The van der Waals surface area contributed by atoms with E-state index in [1.807, 2.05) is 4.90 Å². The first-order valence-electron chi connectivity index (χ1n) is 6.68. The van der Waals surface area contributed by atoms with E-state index in [1.54, 1.807) is 4.90 Å². The highest BCUT2D eigenvalue weighted by Gasteiger charge is 2.23.